The molecule has 0 aliphatic carbocycles. The Bertz CT molecular complexity index is 531. The molecule has 100 valence electrons. The van der Waals surface area contributed by atoms with Crippen molar-refractivity contribution in [3.05, 3.63) is 59.2 Å². The van der Waals surface area contributed by atoms with E-state index in [1.807, 2.05) is 12.1 Å². The molecule has 0 amide bonds. The summed E-state index contributed by atoms with van der Waals surface area (Å²) < 4.78 is 5.93. The zero-order chi connectivity index (χ0) is 13.7. The molecule has 2 aromatic carbocycles. The summed E-state index contributed by atoms with van der Waals surface area (Å²) in [7, 11) is 0. The van der Waals surface area contributed by atoms with Crippen LogP contribution >= 0.6 is 0 Å². The van der Waals surface area contributed by atoms with Crippen LogP contribution in [-0.4, -0.2) is 6.54 Å². The van der Waals surface area contributed by atoms with Crippen molar-refractivity contribution in [2.45, 2.75) is 27.3 Å². The number of rotatable bonds is 5. The lowest BCUT2D eigenvalue weighted by Gasteiger charge is -2.10. The van der Waals surface area contributed by atoms with E-state index >= 15 is 0 Å². The van der Waals surface area contributed by atoms with Gasteiger partial charge in [0.1, 0.15) is 11.5 Å². The van der Waals surface area contributed by atoms with Crippen LogP contribution in [0, 0.1) is 13.8 Å². The maximum atomic E-state index is 5.93. The average molecular weight is 255 g/mol. The highest BCUT2D eigenvalue weighted by atomic mass is 16.5. The monoisotopic (exact) mass is 255 g/mol. The molecule has 0 bridgehead atoms. The van der Waals surface area contributed by atoms with E-state index in [4.69, 9.17) is 4.74 Å². The first kappa shape index (κ1) is 13.6. The first-order chi connectivity index (χ1) is 9.19. The van der Waals surface area contributed by atoms with Crippen LogP contribution in [0.3, 0.4) is 0 Å². The van der Waals surface area contributed by atoms with Crippen molar-refractivity contribution in [1.82, 2.24) is 5.32 Å². The topological polar surface area (TPSA) is 21.3 Å². The largest absolute Gasteiger partial charge is 0.457 e. The van der Waals surface area contributed by atoms with Crippen LogP contribution < -0.4 is 10.1 Å². The molecule has 0 aromatic heterocycles. The van der Waals surface area contributed by atoms with Crippen LogP contribution in [0.15, 0.2) is 42.5 Å². The summed E-state index contributed by atoms with van der Waals surface area (Å²) in [6.07, 6.45) is 0. The second kappa shape index (κ2) is 6.39. The summed E-state index contributed by atoms with van der Waals surface area (Å²) in [5.74, 6) is 1.81. The van der Waals surface area contributed by atoms with Gasteiger partial charge in [-0.2, -0.15) is 0 Å². The Morgan fingerprint density at radius 3 is 2.42 bits per heavy atom. The fourth-order valence-corrected chi connectivity index (χ4v) is 1.89. The van der Waals surface area contributed by atoms with Crippen molar-refractivity contribution in [2.24, 2.45) is 0 Å². The van der Waals surface area contributed by atoms with E-state index in [9.17, 15) is 0 Å². The van der Waals surface area contributed by atoms with Gasteiger partial charge in [-0.3, -0.25) is 0 Å². The summed E-state index contributed by atoms with van der Waals surface area (Å²) in [5, 5.41) is 3.31. The number of ether oxygens (including phenoxy) is 1. The highest BCUT2D eigenvalue weighted by Gasteiger charge is 2.02. The highest BCUT2D eigenvalue weighted by Crippen LogP contribution is 2.26. The minimum atomic E-state index is 0.883. The smallest absolute Gasteiger partial charge is 0.130 e. The molecule has 0 unspecified atom stereocenters. The Hall–Kier alpha value is -1.80. The fraction of sp³-hybridized carbons (Fsp3) is 0.294. The zero-order valence-electron chi connectivity index (χ0n) is 11.9. The molecule has 0 aliphatic rings. The third kappa shape index (κ3) is 3.83. The third-order valence-corrected chi connectivity index (χ3v) is 3.07. The van der Waals surface area contributed by atoms with Crippen LogP contribution in [0.1, 0.15) is 23.6 Å². The van der Waals surface area contributed by atoms with Crippen molar-refractivity contribution in [2.75, 3.05) is 6.54 Å². The molecule has 0 heterocycles. The summed E-state index contributed by atoms with van der Waals surface area (Å²) >= 11 is 0. The Morgan fingerprint density at radius 1 is 1.00 bits per heavy atom. The molecular weight excluding hydrogens is 234 g/mol. The Kier molecular flexibility index (Phi) is 4.58. The van der Waals surface area contributed by atoms with Gasteiger partial charge in [-0.1, -0.05) is 31.2 Å². The van der Waals surface area contributed by atoms with E-state index in [0.717, 1.165) is 30.2 Å². The molecule has 0 saturated heterocycles. The highest BCUT2D eigenvalue weighted by molar-refractivity contribution is 5.40. The van der Waals surface area contributed by atoms with E-state index in [-0.39, 0.29) is 0 Å². The first-order valence-corrected chi connectivity index (χ1v) is 6.74. The number of hydrogen-bond acceptors (Lipinski definition) is 2. The van der Waals surface area contributed by atoms with Gasteiger partial charge in [0.05, 0.1) is 0 Å². The number of hydrogen-bond donors (Lipinski definition) is 1. The van der Waals surface area contributed by atoms with Crippen molar-refractivity contribution in [3.8, 4) is 11.5 Å². The minimum Gasteiger partial charge on any atom is -0.457 e. The van der Waals surface area contributed by atoms with Gasteiger partial charge in [0.2, 0.25) is 0 Å². The lowest BCUT2D eigenvalue weighted by atomic mass is 10.1. The van der Waals surface area contributed by atoms with E-state index in [1.54, 1.807) is 0 Å². The lowest BCUT2D eigenvalue weighted by molar-refractivity contribution is 0.478. The van der Waals surface area contributed by atoms with E-state index in [1.165, 1.54) is 11.1 Å². The van der Waals surface area contributed by atoms with Crippen LogP contribution in [0.2, 0.25) is 0 Å². The van der Waals surface area contributed by atoms with Crippen molar-refractivity contribution in [1.29, 1.82) is 0 Å². The van der Waals surface area contributed by atoms with E-state index < -0.39 is 0 Å². The van der Waals surface area contributed by atoms with Crippen molar-refractivity contribution in [3.63, 3.8) is 0 Å². The Morgan fingerprint density at radius 2 is 1.74 bits per heavy atom. The Balaban J connectivity index is 2.08. The summed E-state index contributed by atoms with van der Waals surface area (Å²) in [4.78, 5) is 0. The van der Waals surface area contributed by atoms with E-state index in [0.29, 0.717) is 0 Å². The van der Waals surface area contributed by atoms with Gasteiger partial charge in [-0.15, -0.1) is 0 Å². The molecule has 2 rings (SSSR count). The summed E-state index contributed by atoms with van der Waals surface area (Å²) in [6, 6.07) is 14.5. The molecular formula is C17H21NO. The maximum Gasteiger partial charge on any atom is 0.130 e. The van der Waals surface area contributed by atoms with Gasteiger partial charge in [0.15, 0.2) is 0 Å². The average Bonchev–Trinajstić information content (AvgIpc) is 2.42. The predicted octanol–water partition coefficient (Wildman–Crippen LogP) is 4.21. The second-order valence-electron chi connectivity index (χ2n) is 4.80. The van der Waals surface area contributed by atoms with Crippen LogP contribution in [0.25, 0.3) is 0 Å². The van der Waals surface area contributed by atoms with Gasteiger partial charge in [-0.25, -0.2) is 0 Å². The number of benzene rings is 2. The van der Waals surface area contributed by atoms with Crippen LogP contribution in [-0.2, 0) is 6.54 Å². The van der Waals surface area contributed by atoms with E-state index in [2.05, 4.69) is 56.4 Å². The molecule has 2 aromatic rings. The van der Waals surface area contributed by atoms with Crippen LogP contribution in [0.5, 0.6) is 11.5 Å². The molecule has 0 atom stereocenters. The third-order valence-electron chi connectivity index (χ3n) is 3.07. The maximum absolute atomic E-state index is 5.93. The molecule has 0 spiro atoms. The second-order valence-corrected chi connectivity index (χ2v) is 4.80. The van der Waals surface area contributed by atoms with Gasteiger partial charge in [-0.05, 0) is 55.3 Å². The SMILES string of the molecule is CCNCc1ccc(Oc2cc(C)ccc2C)cc1. The summed E-state index contributed by atoms with van der Waals surface area (Å²) in [6.45, 7) is 8.14. The number of aryl methyl sites for hydroxylation is 2. The molecule has 2 heteroatoms. The first-order valence-electron chi connectivity index (χ1n) is 6.74. The molecule has 0 radical (unpaired) electrons. The molecule has 19 heavy (non-hydrogen) atoms. The molecule has 0 fully saturated rings. The molecule has 0 aliphatic heterocycles. The quantitative estimate of drug-likeness (QED) is 0.864. The van der Waals surface area contributed by atoms with Crippen molar-refractivity contribution < 1.29 is 4.74 Å². The minimum absolute atomic E-state index is 0.883. The van der Waals surface area contributed by atoms with Gasteiger partial charge < -0.3 is 10.1 Å². The van der Waals surface area contributed by atoms with Gasteiger partial charge >= 0.3 is 0 Å². The number of nitrogens with one attached hydrogen (secondary N) is 1. The standard InChI is InChI=1S/C17H21NO/c1-4-18-12-15-7-9-16(10-8-15)19-17-11-13(2)5-6-14(17)3/h5-11,18H,4,12H2,1-3H3. The Labute approximate surface area is 115 Å². The lowest BCUT2D eigenvalue weighted by Crippen LogP contribution is -2.11. The summed E-state index contributed by atoms with van der Waals surface area (Å²) in [5.41, 5.74) is 3.64. The normalized spacial score (nSPS) is 10.5. The molecule has 0 saturated carbocycles. The van der Waals surface area contributed by atoms with Crippen LogP contribution in [0.4, 0.5) is 0 Å². The fourth-order valence-electron chi connectivity index (χ4n) is 1.89. The zero-order valence-corrected chi connectivity index (χ0v) is 11.9. The van der Waals surface area contributed by atoms with Gasteiger partial charge in [0.25, 0.3) is 0 Å². The predicted molar refractivity (Wildman–Crippen MR) is 79.8 cm³/mol. The van der Waals surface area contributed by atoms with Crippen molar-refractivity contribution >= 4 is 0 Å². The molecule has 1 N–H and O–H groups in total. The van der Waals surface area contributed by atoms with Gasteiger partial charge in [0, 0.05) is 6.54 Å². The molecule has 2 nitrogen and oxygen atoms in total.